The summed E-state index contributed by atoms with van der Waals surface area (Å²) in [5.41, 5.74) is 2.19. The van der Waals surface area contributed by atoms with Crippen LogP contribution in [0.5, 0.6) is 0 Å². The third-order valence-electron chi connectivity index (χ3n) is 4.45. The second kappa shape index (κ2) is 10.1. The van der Waals surface area contributed by atoms with Gasteiger partial charge in [-0.2, -0.15) is 13.2 Å². The van der Waals surface area contributed by atoms with Crippen LogP contribution >= 0.6 is 11.6 Å². The molecule has 0 aromatic heterocycles. The number of alkyl halides is 4. The molecule has 1 aromatic carbocycles. The second-order valence-corrected chi connectivity index (χ2v) is 6.70. The highest BCUT2D eigenvalue weighted by atomic mass is 35.5. The first-order valence-electron chi connectivity index (χ1n) is 8.82. The number of hydrogen-bond donors (Lipinski definition) is 3. The Bertz CT molecular complexity index is 930. The molecule has 0 spiro atoms. The lowest BCUT2D eigenvalue weighted by molar-refractivity contribution is -0.137. The lowest BCUT2D eigenvalue weighted by Crippen LogP contribution is -2.36. The molecule has 7 nitrogen and oxygen atoms in total. The minimum Gasteiger partial charge on any atom is -0.478 e. The average Bonchev–Trinajstić information content (AvgIpc) is 2.71. The summed E-state index contributed by atoms with van der Waals surface area (Å²) in [6, 6.07) is 2.85. The van der Waals surface area contributed by atoms with Gasteiger partial charge in [-0.05, 0) is 11.6 Å². The van der Waals surface area contributed by atoms with Crippen LogP contribution in [-0.4, -0.2) is 50.6 Å². The predicted molar refractivity (Wildman–Crippen MR) is 102 cm³/mol. The van der Waals surface area contributed by atoms with Crippen LogP contribution in [0.4, 0.5) is 17.6 Å². The van der Waals surface area contributed by atoms with E-state index in [1.54, 1.807) is 0 Å². The Morgan fingerprint density at radius 2 is 1.94 bits per heavy atom. The van der Waals surface area contributed by atoms with Gasteiger partial charge in [0.2, 0.25) is 0 Å². The van der Waals surface area contributed by atoms with Crippen molar-refractivity contribution in [2.45, 2.75) is 12.1 Å². The van der Waals surface area contributed by atoms with Crippen LogP contribution in [0.1, 0.15) is 17.0 Å². The molecule has 0 bridgehead atoms. The summed E-state index contributed by atoms with van der Waals surface area (Å²) in [5, 5.41) is 11.5. The normalized spacial score (nSPS) is 16.9. The minimum absolute atomic E-state index is 0.0333. The summed E-state index contributed by atoms with van der Waals surface area (Å²) in [6.07, 6.45) is -4.85. The van der Waals surface area contributed by atoms with Gasteiger partial charge >= 0.3 is 18.1 Å². The molecule has 0 saturated carbocycles. The average molecular weight is 467 g/mol. The van der Waals surface area contributed by atoms with Gasteiger partial charge in [0, 0.05) is 6.54 Å². The summed E-state index contributed by atoms with van der Waals surface area (Å²) in [7, 11) is 0.972. The van der Waals surface area contributed by atoms with E-state index in [9.17, 15) is 32.3 Å². The zero-order valence-corrected chi connectivity index (χ0v) is 16.9. The number of allylic oxidation sites excluding steroid dienone is 1. The van der Waals surface area contributed by atoms with Crippen molar-refractivity contribution >= 4 is 23.5 Å². The Hall–Kier alpha value is -2.63. The van der Waals surface area contributed by atoms with Gasteiger partial charge in [0.1, 0.15) is 6.67 Å². The van der Waals surface area contributed by atoms with Crippen LogP contribution in [0, 0.1) is 0 Å². The molecule has 1 heterocycles. The van der Waals surface area contributed by atoms with Gasteiger partial charge in [0.05, 0.1) is 59.4 Å². The van der Waals surface area contributed by atoms with E-state index in [-0.39, 0.29) is 36.7 Å². The number of carbonyl (C=O) groups excluding carboxylic acids is 1. The van der Waals surface area contributed by atoms with Gasteiger partial charge in [-0.1, -0.05) is 23.7 Å². The number of aliphatic carboxylic acids is 1. The maximum Gasteiger partial charge on any atom is 0.417 e. The molecule has 2 rings (SSSR count). The topological polar surface area (TPSA) is 111 Å². The molecule has 1 aliphatic heterocycles. The van der Waals surface area contributed by atoms with Gasteiger partial charge < -0.3 is 25.6 Å². The number of nitrogens with two attached hydrogens (primary N) is 1. The fourth-order valence-electron chi connectivity index (χ4n) is 3.19. The number of ether oxygens (including phenoxy) is 2. The minimum atomic E-state index is -4.85. The van der Waals surface area contributed by atoms with Crippen LogP contribution in [-0.2, 0) is 25.2 Å². The van der Waals surface area contributed by atoms with Gasteiger partial charge in [-0.15, -0.1) is 0 Å². The summed E-state index contributed by atoms with van der Waals surface area (Å²) in [6.45, 7) is -1.49. The molecule has 1 aromatic rings. The Labute approximate surface area is 179 Å². The Morgan fingerprint density at radius 3 is 2.45 bits per heavy atom. The fourth-order valence-corrected chi connectivity index (χ4v) is 3.53. The zero-order valence-electron chi connectivity index (χ0n) is 16.2. The van der Waals surface area contributed by atoms with E-state index in [0.29, 0.717) is 6.07 Å². The van der Waals surface area contributed by atoms with E-state index >= 15 is 0 Å². The maximum absolute atomic E-state index is 13.8. The Kier molecular flexibility index (Phi) is 8.04. The first-order chi connectivity index (χ1) is 14.6. The number of methoxy groups -OCH3 is 1. The molecule has 31 heavy (non-hydrogen) atoms. The van der Waals surface area contributed by atoms with Gasteiger partial charge in [-0.3, -0.25) is 0 Å². The first-order valence-corrected chi connectivity index (χ1v) is 9.20. The number of esters is 1. The summed E-state index contributed by atoms with van der Waals surface area (Å²) < 4.78 is 63.8. The van der Waals surface area contributed by atoms with E-state index in [0.717, 1.165) is 19.2 Å². The van der Waals surface area contributed by atoms with Crippen LogP contribution in [0.15, 0.2) is 40.7 Å². The quantitative estimate of drug-likeness (QED) is 0.307. The van der Waals surface area contributed by atoms with Gasteiger partial charge in [-0.25, -0.2) is 14.0 Å². The molecule has 1 unspecified atom stereocenters. The predicted octanol–water partition coefficient (Wildman–Crippen LogP) is 2.76. The smallest absolute Gasteiger partial charge is 0.417 e. The summed E-state index contributed by atoms with van der Waals surface area (Å²) >= 11 is 6.00. The van der Waals surface area contributed by atoms with E-state index < -0.39 is 52.4 Å². The van der Waals surface area contributed by atoms with Crippen LogP contribution < -0.4 is 11.1 Å². The number of carboxylic acids is 1. The fraction of sp³-hybridized carbons (Fsp3) is 0.368. The van der Waals surface area contributed by atoms with Crippen LogP contribution in [0.25, 0.3) is 0 Å². The molecule has 0 aliphatic carbocycles. The number of carbonyl (C=O) groups is 2. The number of dihydropyridines is 1. The number of benzene rings is 1. The molecule has 0 fully saturated rings. The lowest BCUT2D eigenvalue weighted by Gasteiger charge is -2.31. The molecule has 170 valence electrons. The molecule has 0 radical (unpaired) electrons. The number of nitrogens with one attached hydrogen (secondary N) is 1. The van der Waals surface area contributed by atoms with Crippen molar-refractivity contribution in [3.63, 3.8) is 0 Å². The monoisotopic (exact) mass is 466 g/mol. The van der Waals surface area contributed by atoms with Gasteiger partial charge in [0.15, 0.2) is 0 Å². The van der Waals surface area contributed by atoms with E-state index in [2.05, 4.69) is 10.1 Å². The molecule has 0 amide bonds. The Balaban J connectivity index is 2.82. The number of hydrogen-bond acceptors (Lipinski definition) is 6. The summed E-state index contributed by atoms with van der Waals surface area (Å²) in [4.78, 5) is 24.5. The molecular formula is C19H19ClF4N2O5. The lowest BCUT2D eigenvalue weighted by atomic mass is 9.79. The highest BCUT2D eigenvalue weighted by Gasteiger charge is 2.42. The van der Waals surface area contributed by atoms with Crippen LogP contribution in [0.3, 0.4) is 0 Å². The van der Waals surface area contributed by atoms with Gasteiger partial charge in [0.25, 0.3) is 0 Å². The maximum atomic E-state index is 13.8. The highest BCUT2D eigenvalue weighted by molar-refractivity contribution is 6.32. The molecular weight excluding hydrogens is 448 g/mol. The third-order valence-corrected chi connectivity index (χ3v) is 4.87. The molecule has 0 saturated heterocycles. The van der Waals surface area contributed by atoms with E-state index in [1.807, 2.05) is 0 Å². The van der Waals surface area contributed by atoms with Crippen LogP contribution in [0.2, 0.25) is 5.02 Å². The van der Waals surface area contributed by atoms with Crippen molar-refractivity contribution in [1.82, 2.24) is 5.32 Å². The zero-order chi connectivity index (χ0) is 23.3. The highest BCUT2D eigenvalue weighted by Crippen LogP contribution is 2.45. The third kappa shape index (κ3) is 5.17. The number of carboxylic acid groups (broad SMARTS) is 1. The SMILES string of the molecule is COC(=O)C1=C(CF)NC(COCCN)=C(C(=O)O)C1c1cccc(C(F)(F)F)c1Cl. The van der Waals surface area contributed by atoms with Crippen molar-refractivity contribution in [2.24, 2.45) is 5.73 Å². The second-order valence-electron chi connectivity index (χ2n) is 6.32. The van der Waals surface area contributed by atoms with E-state index in [4.69, 9.17) is 22.1 Å². The van der Waals surface area contributed by atoms with Crippen molar-refractivity contribution in [2.75, 3.05) is 33.5 Å². The largest absolute Gasteiger partial charge is 0.478 e. The summed E-state index contributed by atoms with van der Waals surface area (Å²) in [5.74, 6) is -4.35. The number of rotatable bonds is 8. The van der Waals surface area contributed by atoms with Crippen molar-refractivity contribution < 1.29 is 41.7 Å². The standard InChI is InChI=1S/C19H19ClF4N2O5/c1-30-18(29)15-11(7-21)26-12(8-31-6-5-25)14(17(27)28)13(15)9-3-2-4-10(16(9)20)19(22,23)24/h2-4,13,26H,5-8,25H2,1H3,(H,27,28). The Morgan fingerprint density at radius 1 is 1.26 bits per heavy atom. The number of halogens is 5. The first kappa shape index (κ1) is 24.6. The molecule has 1 atom stereocenters. The van der Waals surface area contributed by atoms with Crippen molar-refractivity contribution in [1.29, 1.82) is 0 Å². The molecule has 1 aliphatic rings. The van der Waals surface area contributed by atoms with Crippen molar-refractivity contribution in [3.05, 3.63) is 56.9 Å². The van der Waals surface area contributed by atoms with E-state index in [1.165, 1.54) is 0 Å². The van der Waals surface area contributed by atoms with Crippen molar-refractivity contribution in [3.8, 4) is 0 Å². The molecule has 12 heteroatoms. The molecule has 4 N–H and O–H groups in total.